The van der Waals surface area contributed by atoms with Crippen molar-refractivity contribution in [3.8, 4) is 0 Å². The van der Waals surface area contributed by atoms with Crippen LogP contribution in [0.25, 0.3) is 0 Å². The van der Waals surface area contributed by atoms with Gasteiger partial charge in [-0.2, -0.15) is 0 Å². The lowest BCUT2D eigenvalue weighted by Gasteiger charge is -2.34. The first-order valence-corrected chi connectivity index (χ1v) is 5.89. The van der Waals surface area contributed by atoms with Crippen molar-refractivity contribution in [1.82, 2.24) is 9.80 Å². The second-order valence-electron chi connectivity index (χ2n) is 4.05. The number of hydrogen-bond acceptors (Lipinski definition) is 3. The maximum absolute atomic E-state index is 11.6. The van der Waals surface area contributed by atoms with Crippen molar-refractivity contribution < 1.29 is 9.90 Å². The van der Waals surface area contributed by atoms with E-state index in [1.54, 1.807) is 0 Å². The summed E-state index contributed by atoms with van der Waals surface area (Å²) < 4.78 is 0. The fourth-order valence-electron chi connectivity index (χ4n) is 1.89. The van der Waals surface area contributed by atoms with E-state index in [4.69, 9.17) is 5.11 Å². The van der Waals surface area contributed by atoms with Crippen molar-refractivity contribution in [2.45, 2.75) is 26.2 Å². The van der Waals surface area contributed by atoms with Gasteiger partial charge in [-0.15, -0.1) is 0 Å². The third kappa shape index (κ3) is 4.18. The van der Waals surface area contributed by atoms with Crippen LogP contribution in [0.1, 0.15) is 26.2 Å². The Bertz CT molecular complexity index is 189. The van der Waals surface area contributed by atoms with Gasteiger partial charge in [-0.3, -0.25) is 9.69 Å². The molecule has 0 aromatic carbocycles. The first kappa shape index (κ1) is 12.5. The van der Waals surface area contributed by atoms with Crippen LogP contribution >= 0.6 is 0 Å². The standard InChI is InChI=1S/C11H22N2O2/c1-2-4-11(15)13-8-6-12(7-9-13)5-3-10-14/h14H,2-10H2,1H3. The predicted molar refractivity (Wildman–Crippen MR) is 59.6 cm³/mol. The largest absolute Gasteiger partial charge is 0.396 e. The topological polar surface area (TPSA) is 43.8 Å². The van der Waals surface area contributed by atoms with Gasteiger partial charge in [0.15, 0.2) is 0 Å². The van der Waals surface area contributed by atoms with Gasteiger partial charge in [0.2, 0.25) is 5.91 Å². The predicted octanol–water partition coefficient (Wildman–Crippen LogP) is 0.313. The molecule has 88 valence electrons. The van der Waals surface area contributed by atoms with Crippen LogP contribution in [0.2, 0.25) is 0 Å². The summed E-state index contributed by atoms with van der Waals surface area (Å²) in [4.78, 5) is 15.9. The first-order valence-electron chi connectivity index (χ1n) is 5.89. The summed E-state index contributed by atoms with van der Waals surface area (Å²) in [6.45, 7) is 6.86. The summed E-state index contributed by atoms with van der Waals surface area (Å²) in [6.07, 6.45) is 2.45. The number of aliphatic hydroxyl groups is 1. The average molecular weight is 214 g/mol. The maximum atomic E-state index is 11.6. The summed E-state index contributed by atoms with van der Waals surface area (Å²) >= 11 is 0. The van der Waals surface area contributed by atoms with Gasteiger partial charge in [0.05, 0.1) is 0 Å². The van der Waals surface area contributed by atoms with Crippen molar-refractivity contribution in [2.75, 3.05) is 39.3 Å². The van der Waals surface area contributed by atoms with Crippen LogP contribution in [0, 0.1) is 0 Å². The molecule has 1 heterocycles. The quantitative estimate of drug-likeness (QED) is 0.716. The van der Waals surface area contributed by atoms with E-state index in [-0.39, 0.29) is 6.61 Å². The van der Waals surface area contributed by atoms with E-state index >= 15 is 0 Å². The van der Waals surface area contributed by atoms with E-state index in [0.717, 1.165) is 45.6 Å². The van der Waals surface area contributed by atoms with Crippen LogP contribution in [0.4, 0.5) is 0 Å². The molecular formula is C11H22N2O2. The zero-order valence-corrected chi connectivity index (χ0v) is 9.61. The van der Waals surface area contributed by atoms with Crippen LogP contribution in [-0.2, 0) is 4.79 Å². The maximum Gasteiger partial charge on any atom is 0.222 e. The van der Waals surface area contributed by atoms with Gasteiger partial charge in [0, 0.05) is 45.8 Å². The number of rotatable bonds is 5. The highest BCUT2D eigenvalue weighted by Crippen LogP contribution is 2.05. The van der Waals surface area contributed by atoms with Gasteiger partial charge in [-0.25, -0.2) is 0 Å². The number of carbonyl (C=O) groups is 1. The van der Waals surface area contributed by atoms with Crippen molar-refractivity contribution in [1.29, 1.82) is 0 Å². The molecule has 0 unspecified atom stereocenters. The van der Waals surface area contributed by atoms with Crippen molar-refractivity contribution in [3.05, 3.63) is 0 Å². The number of piperazine rings is 1. The van der Waals surface area contributed by atoms with Gasteiger partial charge >= 0.3 is 0 Å². The van der Waals surface area contributed by atoms with Crippen LogP contribution in [0.5, 0.6) is 0 Å². The molecule has 0 aromatic heterocycles. The Morgan fingerprint density at radius 1 is 1.27 bits per heavy atom. The molecule has 1 aliphatic heterocycles. The van der Waals surface area contributed by atoms with Crippen LogP contribution in [-0.4, -0.2) is 60.1 Å². The Morgan fingerprint density at radius 3 is 2.47 bits per heavy atom. The van der Waals surface area contributed by atoms with E-state index in [1.807, 2.05) is 11.8 Å². The summed E-state index contributed by atoms with van der Waals surface area (Å²) in [5.74, 6) is 0.291. The third-order valence-electron chi connectivity index (χ3n) is 2.82. The van der Waals surface area contributed by atoms with Gasteiger partial charge in [0.25, 0.3) is 0 Å². The average Bonchev–Trinajstić information content (AvgIpc) is 2.27. The fourth-order valence-corrected chi connectivity index (χ4v) is 1.89. The third-order valence-corrected chi connectivity index (χ3v) is 2.82. The van der Waals surface area contributed by atoms with E-state index < -0.39 is 0 Å². The normalized spacial score (nSPS) is 18.1. The Balaban J connectivity index is 2.20. The lowest BCUT2D eigenvalue weighted by molar-refractivity contribution is -0.133. The van der Waals surface area contributed by atoms with Crippen LogP contribution < -0.4 is 0 Å². The summed E-state index contributed by atoms with van der Waals surface area (Å²) in [7, 11) is 0. The zero-order valence-electron chi connectivity index (χ0n) is 9.61. The summed E-state index contributed by atoms with van der Waals surface area (Å²) in [5, 5.41) is 8.72. The number of nitrogens with zero attached hydrogens (tertiary/aromatic N) is 2. The van der Waals surface area contributed by atoms with Crippen LogP contribution in [0.3, 0.4) is 0 Å². The molecule has 15 heavy (non-hydrogen) atoms. The lowest BCUT2D eigenvalue weighted by atomic mass is 10.2. The second kappa shape index (κ2) is 6.80. The number of amides is 1. The fraction of sp³-hybridized carbons (Fsp3) is 0.909. The van der Waals surface area contributed by atoms with E-state index in [1.165, 1.54) is 0 Å². The molecule has 4 nitrogen and oxygen atoms in total. The molecule has 1 aliphatic rings. The molecule has 1 saturated heterocycles. The molecule has 0 atom stereocenters. The van der Waals surface area contributed by atoms with Gasteiger partial charge in [0.1, 0.15) is 0 Å². The SMILES string of the molecule is CCCC(=O)N1CCN(CCCO)CC1. The van der Waals surface area contributed by atoms with Crippen molar-refractivity contribution >= 4 is 5.91 Å². The first-order chi connectivity index (χ1) is 7.27. The molecular weight excluding hydrogens is 192 g/mol. The summed E-state index contributed by atoms with van der Waals surface area (Å²) in [5.41, 5.74) is 0. The molecule has 1 rings (SSSR count). The number of carbonyl (C=O) groups excluding carboxylic acids is 1. The van der Waals surface area contributed by atoms with Gasteiger partial charge in [-0.1, -0.05) is 6.92 Å². The molecule has 1 N–H and O–H groups in total. The Kier molecular flexibility index (Phi) is 5.65. The van der Waals surface area contributed by atoms with E-state index in [2.05, 4.69) is 4.90 Å². The van der Waals surface area contributed by atoms with Gasteiger partial charge < -0.3 is 10.0 Å². The van der Waals surface area contributed by atoms with E-state index in [0.29, 0.717) is 12.3 Å². The highest BCUT2D eigenvalue weighted by molar-refractivity contribution is 5.76. The van der Waals surface area contributed by atoms with E-state index in [9.17, 15) is 4.79 Å². The zero-order chi connectivity index (χ0) is 11.1. The lowest BCUT2D eigenvalue weighted by Crippen LogP contribution is -2.48. The smallest absolute Gasteiger partial charge is 0.222 e. The van der Waals surface area contributed by atoms with Gasteiger partial charge in [-0.05, 0) is 12.8 Å². The molecule has 1 fully saturated rings. The second-order valence-corrected chi connectivity index (χ2v) is 4.05. The molecule has 4 heteroatoms. The highest BCUT2D eigenvalue weighted by atomic mass is 16.3. The monoisotopic (exact) mass is 214 g/mol. The highest BCUT2D eigenvalue weighted by Gasteiger charge is 2.19. The molecule has 0 radical (unpaired) electrons. The minimum absolute atomic E-state index is 0.259. The van der Waals surface area contributed by atoms with Crippen LogP contribution in [0.15, 0.2) is 0 Å². The number of hydrogen-bond donors (Lipinski definition) is 1. The molecule has 0 bridgehead atoms. The summed E-state index contributed by atoms with van der Waals surface area (Å²) in [6, 6.07) is 0. The molecule has 0 saturated carbocycles. The van der Waals surface area contributed by atoms with Crippen molar-refractivity contribution in [3.63, 3.8) is 0 Å². The molecule has 1 amide bonds. The molecule has 0 aromatic rings. The number of aliphatic hydroxyl groups excluding tert-OH is 1. The Labute approximate surface area is 91.9 Å². The van der Waals surface area contributed by atoms with Crippen molar-refractivity contribution in [2.24, 2.45) is 0 Å². The minimum Gasteiger partial charge on any atom is -0.396 e. The molecule has 0 spiro atoms. The minimum atomic E-state index is 0.259. The Hall–Kier alpha value is -0.610. The Morgan fingerprint density at radius 2 is 1.93 bits per heavy atom. The molecule has 0 aliphatic carbocycles.